The lowest BCUT2D eigenvalue weighted by Gasteiger charge is -2.23. The summed E-state index contributed by atoms with van der Waals surface area (Å²) in [4.78, 5) is 0. The number of benzene rings is 1. The molecule has 2 N–H and O–H groups in total. The smallest absolute Gasteiger partial charge is 0.0997 e. The quantitative estimate of drug-likeness (QED) is 0.675. The van der Waals surface area contributed by atoms with Gasteiger partial charge in [-0.2, -0.15) is 5.26 Å². The lowest BCUT2D eigenvalue weighted by Crippen LogP contribution is -2.18. The predicted molar refractivity (Wildman–Crippen MR) is 55.8 cm³/mol. The first-order valence-corrected chi connectivity index (χ1v) is 5.02. The van der Waals surface area contributed by atoms with Crippen LogP contribution in [0.4, 0.5) is 0 Å². The van der Waals surface area contributed by atoms with Crippen molar-refractivity contribution in [3.05, 3.63) is 34.4 Å². The molecule has 1 aliphatic carbocycles. The van der Waals surface area contributed by atoms with Gasteiger partial charge in [0, 0.05) is 6.04 Å². The minimum Gasteiger partial charge on any atom is -0.324 e. The first-order valence-electron chi connectivity index (χ1n) is 5.02. The molecule has 0 fully saturated rings. The summed E-state index contributed by atoms with van der Waals surface area (Å²) in [6, 6.07) is 6.50. The maximum absolute atomic E-state index is 9.07. The lowest BCUT2D eigenvalue weighted by molar-refractivity contribution is 0.569. The molecule has 72 valence electrons. The van der Waals surface area contributed by atoms with E-state index < -0.39 is 0 Å². The number of nitrogens with zero attached hydrogens (tertiary/aromatic N) is 1. The number of rotatable bonds is 0. The summed E-state index contributed by atoms with van der Waals surface area (Å²) < 4.78 is 0. The van der Waals surface area contributed by atoms with Crippen LogP contribution in [0.5, 0.6) is 0 Å². The van der Waals surface area contributed by atoms with Gasteiger partial charge in [0.1, 0.15) is 0 Å². The topological polar surface area (TPSA) is 49.8 Å². The van der Waals surface area contributed by atoms with Crippen LogP contribution in [0.2, 0.25) is 0 Å². The van der Waals surface area contributed by atoms with Crippen LogP contribution in [0, 0.1) is 18.3 Å². The summed E-state index contributed by atoms with van der Waals surface area (Å²) in [5, 5.41) is 9.07. The molecule has 2 nitrogen and oxygen atoms in total. The van der Waals surface area contributed by atoms with Crippen molar-refractivity contribution in [2.24, 2.45) is 5.73 Å². The molecule has 1 atom stereocenters. The van der Waals surface area contributed by atoms with Crippen molar-refractivity contribution in [3.8, 4) is 6.07 Å². The summed E-state index contributed by atoms with van der Waals surface area (Å²) in [6.07, 6.45) is 3.15. The van der Waals surface area contributed by atoms with E-state index in [1.165, 1.54) is 11.1 Å². The van der Waals surface area contributed by atoms with E-state index in [0.29, 0.717) is 0 Å². The molecule has 0 heterocycles. The summed E-state index contributed by atoms with van der Waals surface area (Å²) in [5.41, 5.74) is 10.3. The second kappa shape index (κ2) is 3.43. The zero-order valence-corrected chi connectivity index (χ0v) is 8.38. The van der Waals surface area contributed by atoms with E-state index in [-0.39, 0.29) is 6.04 Å². The van der Waals surface area contributed by atoms with E-state index in [1.807, 2.05) is 13.0 Å². The molecule has 14 heavy (non-hydrogen) atoms. The van der Waals surface area contributed by atoms with E-state index >= 15 is 0 Å². The molecular formula is C12H14N2. The molecule has 0 radical (unpaired) electrons. The number of nitriles is 1. The maximum atomic E-state index is 9.07. The number of hydrogen-bond acceptors (Lipinski definition) is 2. The van der Waals surface area contributed by atoms with Gasteiger partial charge in [0.25, 0.3) is 0 Å². The van der Waals surface area contributed by atoms with Crippen LogP contribution in [0.1, 0.15) is 41.1 Å². The Morgan fingerprint density at radius 3 is 3.00 bits per heavy atom. The zero-order chi connectivity index (χ0) is 10.1. The average molecular weight is 186 g/mol. The van der Waals surface area contributed by atoms with Gasteiger partial charge in [-0.25, -0.2) is 0 Å². The van der Waals surface area contributed by atoms with Gasteiger partial charge in [-0.3, -0.25) is 0 Å². The van der Waals surface area contributed by atoms with Gasteiger partial charge in [0.2, 0.25) is 0 Å². The SMILES string of the molecule is Cc1ccc2c(c1C#N)CCCC2N. The predicted octanol–water partition coefficient (Wildman–Crippen LogP) is 2.20. The van der Waals surface area contributed by atoms with Gasteiger partial charge in [0.05, 0.1) is 11.6 Å². The Kier molecular flexibility index (Phi) is 2.26. The second-order valence-electron chi connectivity index (χ2n) is 3.94. The highest BCUT2D eigenvalue weighted by Gasteiger charge is 2.20. The van der Waals surface area contributed by atoms with Crippen molar-refractivity contribution in [2.75, 3.05) is 0 Å². The van der Waals surface area contributed by atoms with Gasteiger partial charge in [-0.15, -0.1) is 0 Å². The minimum absolute atomic E-state index is 0.131. The van der Waals surface area contributed by atoms with Gasteiger partial charge >= 0.3 is 0 Å². The van der Waals surface area contributed by atoms with Gasteiger partial charge in [0.15, 0.2) is 0 Å². The number of fused-ring (bicyclic) bond motifs is 1. The van der Waals surface area contributed by atoms with Crippen molar-refractivity contribution in [3.63, 3.8) is 0 Å². The van der Waals surface area contributed by atoms with E-state index in [4.69, 9.17) is 11.0 Å². The number of nitrogens with two attached hydrogens (primary N) is 1. The molecule has 1 aromatic carbocycles. The summed E-state index contributed by atoms with van der Waals surface area (Å²) in [5.74, 6) is 0. The van der Waals surface area contributed by atoms with Crippen molar-refractivity contribution in [1.82, 2.24) is 0 Å². The molecule has 0 bridgehead atoms. The van der Waals surface area contributed by atoms with Crippen LogP contribution >= 0.6 is 0 Å². The standard InChI is InChI=1S/C12H14N2/c1-8-5-6-10-9(11(8)7-13)3-2-4-12(10)14/h5-6,12H,2-4,14H2,1H3. The zero-order valence-electron chi connectivity index (χ0n) is 8.38. The van der Waals surface area contributed by atoms with Gasteiger partial charge in [-0.1, -0.05) is 12.1 Å². The highest BCUT2D eigenvalue weighted by Crippen LogP contribution is 2.31. The third-order valence-electron chi connectivity index (χ3n) is 3.01. The van der Waals surface area contributed by atoms with Crippen LogP contribution in [-0.4, -0.2) is 0 Å². The monoisotopic (exact) mass is 186 g/mol. The maximum Gasteiger partial charge on any atom is 0.0997 e. The van der Waals surface area contributed by atoms with E-state index in [0.717, 1.165) is 30.4 Å². The molecule has 0 spiro atoms. The molecular weight excluding hydrogens is 172 g/mol. The normalized spacial score (nSPS) is 19.9. The Hall–Kier alpha value is -1.33. The minimum atomic E-state index is 0.131. The van der Waals surface area contributed by atoms with Crippen LogP contribution in [0.25, 0.3) is 0 Å². The fourth-order valence-corrected chi connectivity index (χ4v) is 2.21. The molecule has 0 saturated heterocycles. The van der Waals surface area contributed by atoms with Crippen LogP contribution in [0.3, 0.4) is 0 Å². The molecule has 2 heteroatoms. The average Bonchev–Trinajstić information content (AvgIpc) is 2.18. The molecule has 1 unspecified atom stereocenters. The molecule has 0 aliphatic heterocycles. The molecule has 1 aliphatic rings. The Bertz CT molecular complexity index is 402. The molecule has 2 rings (SSSR count). The van der Waals surface area contributed by atoms with Gasteiger partial charge < -0.3 is 5.73 Å². The van der Waals surface area contributed by atoms with Gasteiger partial charge in [-0.05, 0) is 42.9 Å². The second-order valence-corrected chi connectivity index (χ2v) is 3.94. The molecule has 0 amide bonds. The summed E-state index contributed by atoms with van der Waals surface area (Å²) >= 11 is 0. The Morgan fingerprint density at radius 2 is 2.29 bits per heavy atom. The van der Waals surface area contributed by atoms with Crippen LogP contribution < -0.4 is 5.73 Å². The van der Waals surface area contributed by atoms with E-state index in [9.17, 15) is 0 Å². The number of hydrogen-bond donors (Lipinski definition) is 1. The fraction of sp³-hybridized carbons (Fsp3) is 0.417. The fourth-order valence-electron chi connectivity index (χ4n) is 2.21. The number of aryl methyl sites for hydroxylation is 1. The van der Waals surface area contributed by atoms with Crippen LogP contribution in [0.15, 0.2) is 12.1 Å². The first-order chi connectivity index (χ1) is 6.74. The summed E-state index contributed by atoms with van der Waals surface area (Å²) in [6.45, 7) is 1.99. The van der Waals surface area contributed by atoms with Crippen molar-refractivity contribution < 1.29 is 0 Å². The first kappa shape index (κ1) is 9.23. The van der Waals surface area contributed by atoms with Crippen molar-refractivity contribution in [1.29, 1.82) is 5.26 Å². The van der Waals surface area contributed by atoms with Crippen LogP contribution in [-0.2, 0) is 6.42 Å². The lowest BCUT2D eigenvalue weighted by atomic mass is 9.84. The highest BCUT2D eigenvalue weighted by molar-refractivity contribution is 5.49. The largest absolute Gasteiger partial charge is 0.324 e. The van der Waals surface area contributed by atoms with Crippen molar-refractivity contribution in [2.45, 2.75) is 32.2 Å². The third kappa shape index (κ3) is 1.30. The van der Waals surface area contributed by atoms with Crippen molar-refractivity contribution >= 4 is 0 Å². The van der Waals surface area contributed by atoms with E-state index in [1.54, 1.807) is 0 Å². The molecule has 0 aromatic heterocycles. The Labute approximate surface area is 84.3 Å². The highest BCUT2D eigenvalue weighted by atomic mass is 14.6. The molecule has 0 saturated carbocycles. The van der Waals surface area contributed by atoms with E-state index in [2.05, 4.69) is 12.1 Å². The third-order valence-corrected chi connectivity index (χ3v) is 3.01. The molecule has 1 aromatic rings. The Morgan fingerprint density at radius 1 is 1.50 bits per heavy atom. The summed E-state index contributed by atoms with van der Waals surface area (Å²) in [7, 11) is 0. The Balaban J connectivity index is 2.63.